The van der Waals surface area contributed by atoms with Gasteiger partial charge in [0, 0.05) is 24.4 Å². The summed E-state index contributed by atoms with van der Waals surface area (Å²) in [4.78, 5) is 0. The average molecular weight is 148 g/mol. The van der Waals surface area contributed by atoms with E-state index in [0.29, 0.717) is 13.1 Å². The van der Waals surface area contributed by atoms with E-state index in [-0.39, 0.29) is 0 Å². The zero-order valence-corrected chi connectivity index (χ0v) is 6.19. The fourth-order valence-corrected chi connectivity index (χ4v) is 0.877. The van der Waals surface area contributed by atoms with Crippen molar-refractivity contribution in [3.05, 3.63) is 12.7 Å². The van der Waals surface area contributed by atoms with Crippen LogP contribution in [0.5, 0.6) is 0 Å². The molecule has 3 nitrogen and oxygen atoms in total. The van der Waals surface area contributed by atoms with Crippen LogP contribution in [0, 0.1) is 0 Å². The Morgan fingerprint density at radius 3 is 2.56 bits per heavy atom. The summed E-state index contributed by atoms with van der Waals surface area (Å²) in [5.74, 6) is 0. The molecule has 0 aliphatic carbocycles. The third-order valence-corrected chi connectivity index (χ3v) is 1.73. The van der Waals surface area contributed by atoms with E-state index in [2.05, 4.69) is 6.58 Å². The van der Waals surface area contributed by atoms with Crippen molar-refractivity contribution in [1.29, 1.82) is 0 Å². The molecule has 0 fully saturated rings. The lowest BCUT2D eigenvalue weighted by molar-refractivity contribution is 0.425. The van der Waals surface area contributed by atoms with Gasteiger partial charge in [0.15, 0.2) is 0 Å². The predicted octanol–water partition coefficient (Wildman–Crippen LogP) is 0.288. The third kappa shape index (κ3) is 3.40. The van der Waals surface area contributed by atoms with Gasteiger partial charge in [-0.15, -0.1) is 6.58 Å². The summed E-state index contributed by atoms with van der Waals surface area (Å²) in [5.41, 5.74) is 0. The summed E-state index contributed by atoms with van der Waals surface area (Å²) < 4.78 is 21.7. The normalized spacial score (nSPS) is 13.7. The Morgan fingerprint density at radius 1 is 1.89 bits per heavy atom. The Labute approximate surface area is 57.8 Å². The molecule has 0 aromatic rings. The average Bonchev–Trinajstić information content (AvgIpc) is 1.82. The molecular formula is C5H10NO2S-. The molecule has 1 atom stereocenters. The van der Waals surface area contributed by atoms with Crippen LogP contribution in [0.4, 0.5) is 0 Å². The molecule has 0 aliphatic heterocycles. The van der Waals surface area contributed by atoms with E-state index in [1.807, 2.05) is 0 Å². The number of nitrogens with zero attached hydrogens (tertiary/aromatic N) is 1. The fourth-order valence-electron chi connectivity index (χ4n) is 0.439. The fraction of sp³-hybridized carbons (Fsp3) is 0.600. The Balaban J connectivity index is 3.67. The van der Waals surface area contributed by atoms with Crippen LogP contribution in [0.15, 0.2) is 12.7 Å². The highest BCUT2D eigenvalue weighted by atomic mass is 32.2. The van der Waals surface area contributed by atoms with Crippen molar-refractivity contribution >= 4 is 11.3 Å². The predicted molar refractivity (Wildman–Crippen MR) is 36.4 cm³/mol. The van der Waals surface area contributed by atoms with Crippen LogP contribution in [0.2, 0.25) is 0 Å². The number of hydrogen-bond acceptors (Lipinski definition) is 2. The maximum atomic E-state index is 10.2. The van der Waals surface area contributed by atoms with Crippen molar-refractivity contribution in [3.63, 3.8) is 0 Å². The Bertz CT molecular complexity index is 116. The molecule has 0 spiro atoms. The lowest BCUT2D eigenvalue weighted by Gasteiger charge is -2.19. The van der Waals surface area contributed by atoms with Gasteiger partial charge in [-0.05, 0) is 0 Å². The first-order valence-electron chi connectivity index (χ1n) is 2.67. The van der Waals surface area contributed by atoms with E-state index in [0.717, 1.165) is 0 Å². The molecule has 0 amide bonds. The first kappa shape index (κ1) is 8.81. The Hall–Kier alpha value is -0.190. The summed E-state index contributed by atoms with van der Waals surface area (Å²) in [6.45, 7) is 6.09. The van der Waals surface area contributed by atoms with Crippen molar-refractivity contribution in [3.8, 4) is 0 Å². The molecule has 0 heterocycles. The molecule has 0 aromatic heterocycles. The summed E-state index contributed by atoms with van der Waals surface area (Å²) in [5, 5.41) is 0. The van der Waals surface area contributed by atoms with Crippen molar-refractivity contribution in [2.75, 3.05) is 13.1 Å². The number of hydrogen-bond donors (Lipinski definition) is 0. The van der Waals surface area contributed by atoms with E-state index < -0.39 is 11.3 Å². The van der Waals surface area contributed by atoms with E-state index in [9.17, 15) is 8.76 Å². The number of rotatable bonds is 4. The minimum absolute atomic E-state index is 0.395. The van der Waals surface area contributed by atoms with Crippen LogP contribution in [0.3, 0.4) is 0 Å². The molecule has 0 aliphatic rings. The van der Waals surface area contributed by atoms with Gasteiger partial charge < -0.3 is 4.55 Å². The van der Waals surface area contributed by atoms with Gasteiger partial charge in [-0.1, -0.05) is 13.0 Å². The molecule has 0 saturated heterocycles. The first-order chi connectivity index (χ1) is 4.22. The van der Waals surface area contributed by atoms with Gasteiger partial charge in [0.2, 0.25) is 0 Å². The molecule has 0 N–H and O–H groups in total. The van der Waals surface area contributed by atoms with E-state index in [4.69, 9.17) is 0 Å². The topological polar surface area (TPSA) is 43.4 Å². The summed E-state index contributed by atoms with van der Waals surface area (Å²) in [7, 11) is 0. The molecule has 4 heteroatoms. The zero-order valence-electron chi connectivity index (χ0n) is 5.37. The molecule has 1 unspecified atom stereocenters. The van der Waals surface area contributed by atoms with Crippen molar-refractivity contribution in [1.82, 2.24) is 4.31 Å². The van der Waals surface area contributed by atoms with Gasteiger partial charge in [-0.2, -0.15) is 0 Å². The quantitative estimate of drug-likeness (QED) is 0.425. The molecule has 0 rings (SSSR count). The molecule has 54 valence electrons. The maximum Gasteiger partial charge on any atom is 0.0280 e. The lowest BCUT2D eigenvalue weighted by atomic mass is 10.6. The van der Waals surface area contributed by atoms with Crippen molar-refractivity contribution in [2.45, 2.75) is 6.92 Å². The van der Waals surface area contributed by atoms with Crippen LogP contribution in [0.25, 0.3) is 0 Å². The molecule has 9 heavy (non-hydrogen) atoms. The van der Waals surface area contributed by atoms with Gasteiger partial charge in [0.25, 0.3) is 0 Å². The Kier molecular flexibility index (Phi) is 4.57. The molecule has 0 radical (unpaired) electrons. The summed E-state index contributed by atoms with van der Waals surface area (Å²) >= 11 is -2.09. The maximum absolute atomic E-state index is 10.2. The summed E-state index contributed by atoms with van der Waals surface area (Å²) in [6, 6.07) is 0. The second kappa shape index (κ2) is 4.67. The highest BCUT2D eigenvalue weighted by Gasteiger charge is 1.95. The third-order valence-electron chi connectivity index (χ3n) is 0.896. The van der Waals surface area contributed by atoms with Crippen LogP contribution in [-0.2, 0) is 11.3 Å². The summed E-state index contributed by atoms with van der Waals surface area (Å²) in [6.07, 6.45) is 1.55. The zero-order chi connectivity index (χ0) is 7.28. The Morgan fingerprint density at radius 2 is 2.44 bits per heavy atom. The smallest absolute Gasteiger partial charge is 0.0280 e. The largest absolute Gasteiger partial charge is 0.760 e. The monoisotopic (exact) mass is 148 g/mol. The highest BCUT2D eigenvalue weighted by molar-refractivity contribution is 7.76. The van der Waals surface area contributed by atoms with Crippen LogP contribution >= 0.6 is 0 Å². The van der Waals surface area contributed by atoms with Gasteiger partial charge in [0.05, 0.1) is 0 Å². The molecule has 0 aromatic carbocycles. The van der Waals surface area contributed by atoms with Crippen molar-refractivity contribution < 1.29 is 8.76 Å². The van der Waals surface area contributed by atoms with Gasteiger partial charge in [-0.25, -0.2) is 4.31 Å². The van der Waals surface area contributed by atoms with E-state index in [1.54, 1.807) is 13.0 Å². The standard InChI is InChI=1S/C5H11NO2S/c1-3-5-6(4-2)9(7)8/h3H,1,4-5H2,2H3,(H,7,8)/p-1. The molecular weight excluding hydrogens is 138 g/mol. The van der Waals surface area contributed by atoms with Gasteiger partial charge >= 0.3 is 0 Å². The second-order valence-corrected chi connectivity index (χ2v) is 2.44. The molecule has 0 saturated carbocycles. The van der Waals surface area contributed by atoms with Crippen molar-refractivity contribution in [2.24, 2.45) is 0 Å². The molecule has 0 bridgehead atoms. The minimum Gasteiger partial charge on any atom is -0.760 e. The van der Waals surface area contributed by atoms with Crippen LogP contribution in [-0.4, -0.2) is 26.2 Å². The van der Waals surface area contributed by atoms with E-state index >= 15 is 0 Å². The lowest BCUT2D eigenvalue weighted by Crippen LogP contribution is -2.25. The van der Waals surface area contributed by atoms with E-state index in [1.165, 1.54) is 4.31 Å². The van der Waals surface area contributed by atoms with Gasteiger partial charge in [-0.3, -0.25) is 4.21 Å². The second-order valence-electron chi connectivity index (χ2n) is 1.49. The van der Waals surface area contributed by atoms with Crippen LogP contribution in [0.1, 0.15) is 6.92 Å². The minimum atomic E-state index is -2.09. The first-order valence-corrected chi connectivity index (χ1v) is 3.70. The van der Waals surface area contributed by atoms with Gasteiger partial charge in [0.1, 0.15) is 0 Å². The SMILES string of the molecule is C=CCN(CC)S(=O)[O-]. The highest BCUT2D eigenvalue weighted by Crippen LogP contribution is 1.89. The van der Waals surface area contributed by atoms with Crippen LogP contribution < -0.4 is 0 Å². The number of likely N-dealkylation sites (N-methyl/N-ethyl adjacent to an activating group) is 1.